The Labute approximate surface area is 190 Å². The molecule has 0 atom stereocenters. The molecule has 0 aliphatic rings. The van der Waals surface area contributed by atoms with Crippen LogP contribution in [0.4, 0.5) is 5.69 Å². The average Bonchev–Trinajstić information content (AvgIpc) is 2.74. The molecule has 0 spiro atoms. The van der Waals surface area contributed by atoms with Crippen molar-refractivity contribution in [2.75, 3.05) is 5.32 Å². The monoisotopic (exact) mass is 429 g/mol. The van der Waals surface area contributed by atoms with Gasteiger partial charge in [-0.1, -0.05) is 77.9 Å². The number of esters is 1. The van der Waals surface area contributed by atoms with Crippen LogP contribution < -0.4 is 10.1 Å². The lowest BCUT2D eigenvalue weighted by molar-refractivity contribution is 0.0734. The number of rotatable bonds is 4. The molecule has 1 amide bonds. The molecule has 3 aromatic carbocycles. The van der Waals surface area contributed by atoms with Gasteiger partial charge in [0.15, 0.2) is 5.75 Å². The average molecular weight is 430 g/mol. The number of para-hydroxylation sites is 2. The van der Waals surface area contributed by atoms with Gasteiger partial charge in [-0.3, -0.25) is 4.79 Å². The molecule has 4 nitrogen and oxygen atoms in total. The number of amides is 1. The molecule has 0 saturated carbocycles. The first-order chi connectivity index (χ1) is 14.9. The lowest BCUT2D eigenvalue weighted by Crippen LogP contribution is -2.16. The van der Waals surface area contributed by atoms with Gasteiger partial charge in [0.1, 0.15) is 0 Å². The molecule has 0 aliphatic carbocycles. The molecule has 0 fully saturated rings. The second-order valence-corrected chi connectivity index (χ2v) is 9.99. The maximum atomic E-state index is 12.8. The van der Waals surface area contributed by atoms with Gasteiger partial charge in [0, 0.05) is 5.56 Å². The highest BCUT2D eigenvalue weighted by Crippen LogP contribution is 2.27. The van der Waals surface area contributed by atoms with Crippen molar-refractivity contribution in [3.05, 3.63) is 95.1 Å². The van der Waals surface area contributed by atoms with Gasteiger partial charge in [-0.2, -0.15) is 0 Å². The number of ether oxygens (including phenoxy) is 1. The van der Waals surface area contributed by atoms with E-state index in [0.717, 1.165) is 11.1 Å². The first-order valence-corrected chi connectivity index (χ1v) is 10.8. The maximum absolute atomic E-state index is 12.8. The van der Waals surface area contributed by atoms with Gasteiger partial charge >= 0.3 is 5.97 Å². The highest BCUT2D eigenvalue weighted by Gasteiger charge is 2.18. The van der Waals surface area contributed by atoms with E-state index >= 15 is 0 Å². The van der Waals surface area contributed by atoms with E-state index in [1.807, 2.05) is 24.3 Å². The molecule has 1 N–H and O–H groups in total. The highest BCUT2D eigenvalue weighted by molar-refractivity contribution is 6.05. The minimum atomic E-state index is -0.471. The van der Waals surface area contributed by atoms with Crippen LogP contribution in [0.3, 0.4) is 0 Å². The molecular formula is C28H31NO3. The van der Waals surface area contributed by atoms with Crippen molar-refractivity contribution in [3.8, 4) is 5.75 Å². The normalized spacial score (nSPS) is 11.7. The van der Waals surface area contributed by atoms with Crippen molar-refractivity contribution in [2.24, 2.45) is 0 Å². The van der Waals surface area contributed by atoms with Crippen molar-refractivity contribution in [2.45, 2.75) is 52.4 Å². The number of anilines is 1. The predicted molar refractivity (Wildman–Crippen MR) is 130 cm³/mol. The van der Waals surface area contributed by atoms with Gasteiger partial charge in [-0.15, -0.1) is 0 Å². The molecule has 0 aromatic heterocycles. The van der Waals surface area contributed by atoms with E-state index in [1.54, 1.807) is 48.5 Å². The Bertz CT molecular complexity index is 1010. The van der Waals surface area contributed by atoms with Crippen molar-refractivity contribution < 1.29 is 14.3 Å². The predicted octanol–water partition coefficient (Wildman–Crippen LogP) is 6.75. The van der Waals surface area contributed by atoms with Gasteiger partial charge in [0.25, 0.3) is 5.91 Å². The summed E-state index contributed by atoms with van der Waals surface area (Å²) in [5.74, 6) is -0.428. The van der Waals surface area contributed by atoms with Crippen LogP contribution in [-0.2, 0) is 10.8 Å². The van der Waals surface area contributed by atoms with E-state index in [0.29, 0.717) is 22.6 Å². The molecule has 0 radical (unpaired) electrons. The van der Waals surface area contributed by atoms with Crippen LogP contribution in [-0.4, -0.2) is 11.9 Å². The van der Waals surface area contributed by atoms with Crippen LogP contribution in [0.15, 0.2) is 72.8 Å². The van der Waals surface area contributed by atoms with Crippen LogP contribution in [0.2, 0.25) is 0 Å². The number of hydrogen-bond donors (Lipinski definition) is 1. The lowest BCUT2D eigenvalue weighted by Gasteiger charge is -2.19. The summed E-state index contributed by atoms with van der Waals surface area (Å²) in [6.45, 7) is 12.7. The van der Waals surface area contributed by atoms with Crippen LogP contribution >= 0.6 is 0 Å². The molecule has 0 bridgehead atoms. The van der Waals surface area contributed by atoms with Gasteiger partial charge in [-0.05, 0) is 58.4 Å². The smallest absolute Gasteiger partial charge is 0.343 e. The number of benzene rings is 3. The summed E-state index contributed by atoms with van der Waals surface area (Å²) < 4.78 is 5.60. The summed E-state index contributed by atoms with van der Waals surface area (Å²) >= 11 is 0. The Morgan fingerprint density at radius 2 is 1.12 bits per heavy atom. The second-order valence-electron chi connectivity index (χ2n) is 9.99. The molecule has 3 aromatic rings. The van der Waals surface area contributed by atoms with Crippen molar-refractivity contribution in [1.82, 2.24) is 0 Å². The Balaban J connectivity index is 1.74. The standard InChI is InChI=1S/C28H31NO3/c1-27(2,3)21-15-11-19(12-16-21)25(30)29-23-9-7-8-10-24(23)32-26(31)20-13-17-22(18-14-20)28(4,5)6/h7-18H,1-6H3,(H,29,30). The number of nitrogens with one attached hydrogen (secondary N) is 1. The lowest BCUT2D eigenvalue weighted by atomic mass is 9.86. The fourth-order valence-electron chi connectivity index (χ4n) is 3.24. The first kappa shape index (κ1) is 23.3. The molecule has 0 aliphatic heterocycles. The van der Waals surface area contributed by atoms with Gasteiger partial charge in [0.05, 0.1) is 11.3 Å². The zero-order valence-electron chi connectivity index (χ0n) is 19.7. The summed E-state index contributed by atoms with van der Waals surface area (Å²) in [5, 5.41) is 2.85. The van der Waals surface area contributed by atoms with Gasteiger partial charge in [-0.25, -0.2) is 4.79 Å². The Kier molecular flexibility index (Phi) is 6.54. The molecule has 166 valence electrons. The Morgan fingerprint density at radius 3 is 1.62 bits per heavy atom. The fraction of sp³-hybridized carbons (Fsp3) is 0.286. The zero-order chi connectivity index (χ0) is 23.5. The minimum absolute atomic E-state index is 0.00436. The van der Waals surface area contributed by atoms with Crippen molar-refractivity contribution in [1.29, 1.82) is 0 Å². The molecule has 32 heavy (non-hydrogen) atoms. The number of hydrogen-bond acceptors (Lipinski definition) is 3. The summed E-state index contributed by atoms with van der Waals surface area (Å²) in [4.78, 5) is 25.4. The first-order valence-electron chi connectivity index (χ1n) is 10.8. The third-order valence-electron chi connectivity index (χ3n) is 5.34. The zero-order valence-corrected chi connectivity index (χ0v) is 19.7. The summed E-state index contributed by atoms with van der Waals surface area (Å²) in [5.41, 5.74) is 3.75. The molecule has 0 heterocycles. The van der Waals surface area contributed by atoms with E-state index in [4.69, 9.17) is 4.74 Å². The fourth-order valence-corrected chi connectivity index (χ4v) is 3.24. The second kappa shape index (κ2) is 8.99. The molecule has 0 unspecified atom stereocenters. The third kappa shape index (κ3) is 5.64. The van der Waals surface area contributed by atoms with E-state index in [2.05, 4.69) is 46.9 Å². The van der Waals surface area contributed by atoms with E-state index in [9.17, 15) is 9.59 Å². The molecule has 0 saturated heterocycles. The SMILES string of the molecule is CC(C)(C)c1ccc(C(=O)Nc2ccccc2OC(=O)c2ccc(C(C)(C)C)cc2)cc1. The summed E-state index contributed by atoms with van der Waals surface area (Å²) in [6.07, 6.45) is 0. The quantitative estimate of drug-likeness (QED) is 0.368. The Hall–Kier alpha value is -3.40. The number of carbonyl (C=O) groups excluding carboxylic acids is 2. The topological polar surface area (TPSA) is 55.4 Å². The largest absolute Gasteiger partial charge is 0.421 e. The summed E-state index contributed by atoms with van der Waals surface area (Å²) in [6, 6.07) is 21.9. The minimum Gasteiger partial charge on any atom is -0.421 e. The van der Waals surface area contributed by atoms with Crippen molar-refractivity contribution in [3.63, 3.8) is 0 Å². The van der Waals surface area contributed by atoms with Crippen molar-refractivity contribution >= 4 is 17.6 Å². The molecular weight excluding hydrogens is 398 g/mol. The molecule has 3 rings (SSSR count). The summed E-state index contributed by atoms with van der Waals surface area (Å²) in [7, 11) is 0. The van der Waals surface area contributed by atoms with E-state index in [1.165, 1.54) is 0 Å². The van der Waals surface area contributed by atoms with E-state index < -0.39 is 5.97 Å². The number of carbonyl (C=O) groups is 2. The van der Waals surface area contributed by atoms with Crippen LogP contribution in [0.1, 0.15) is 73.4 Å². The Morgan fingerprint density at radius 1 is 0.656 bits per heavy atom. The van der Waals surface area contributed by atoms with E-state index in [-0.39, 0.29) is 16.7 Å². The van der Waals surface area contributed by atoms with Gasteiger partial charge < -0.3 is 10.1 Å². The van der Waals surface area contributed by atoms with Gasteiger partial charge in [0.2, 0.25) is 0 Å². The van der Waals surface area contributed by atoms with Crippen LogP contribution in [0.25, 0.3) is 0 Å². The third-order valence-corrected chi connectivity index (χ3v) is 5.34. The maximum Gasteiger partial charge on any atom is 0.343 e. The molecule has 4 heteroatoms. The van der Waals surface area contributed by atoms with Crippen LogP contribution in [0.5, 0.6) is 5.75 Å². The van der Waals surface area contributed by atoms with Crippen LogP contribution in [0, 0.1) is 0 Å². The highest BCUT2D eigenvalue weighted by atomic mass is 16.5.